The van der Waals surface area contributed by atoms with Crippen molar-refractivity contribution in [2.45, 2.75) is 0 Å². The highest BCUT2D eigenvalue weighted by molar-refractivity contribution is 8.13. The third kappa shape index (κ3) is 3.79. The SMILES string of the molecule is CP(C)(=S)/N=C(\N)c1ccc(Cl)cc1. The Hall–Kier alpha value is -0.370. The first kappa shape index (κ1) is 11.7. The van der Waals surface area contributed by atoms with Gasteiger partial charge in [-0.15, -0.1) is 0 Å². The second-order valence-electron chi connectivity index (χ2n) is 3.29. The first-order valence-corrected chi connectivity index (χ1v) is 8.08. The minimum absolute atomic E-state index is 0.495. The number of rotatable bonds is 2. The number of hydrogen-bond acceptors (Lipinski definition) is 1. The summed E-state index contributed by atoms with van der Waals surface area (Å²) in [4.78, 5) is 0. The van der Waals surface area contributed by atoms with Crippen molar-refractivity contribution in [3.8, 4) is 0 Å². The number of nitrogens with two attached hydrogens (primary N) is 1. The second kappa shape index (κ2) is 4.43. The molecule has 0 amide bonds. The summed E-state index contributed by atoms with van der Waals surface area (Å²) in [5.74, 6) is 0.495. The van der Waals surface area contributed by atoms with Crippen LogP contribution in [0.2, 0.25) is 5.02 Å². The van der Waals surface area contributed by atoms with Crippen LogP contribution in [-0.4, -0.2) is 19.2 Å². The van der Waals surface area contributed by atoms with Gasteiger partial charge in [0, 0.05) is 10.6 Å². The molecule has 0 aliphatic carbocycles. The number of amidine groups is 1. The zero-order chi connectivity index (χ0) is 10.8. The molecule has 0 saturated heterocycles. The Morgan fingerprint density at radius 2 is 1.86 bits per heavy atom. The molecule has 0 unspecified atom stereocenters. The van der Waals surface area contributed by atoms with Gasteiger partial charge in [-0.2, -0.15) is 0 Å². The molecule has 1 aromatic rings. The predicted octanol–water partition coefficient (Wildman–Crippen LogP) is 2.70. The average molecular weight is 247 g/mol. The van der Waals surface area contributed by atoms with Gasteiger partial charge >= 0.3 is 0 Å². The highest BCUT2D eigenvalue weighted by atomic mass is 35.5. The fourth-order valence-electron chi connectivity index (χ4n) is 0.938. The van der Waals surface area contributed by atoms with Crippen molar-refractivity contribution in [1.29, 1.82) is 0 Å². The lowest BCUT2D eigenvalue weighted by atomic mass is 10.2. The Morgan fingerprint density at radius 3 is 2.29 bits per heavy atom. The summed E-state index contributed by atoms with van der Waals surface area (Å²) in [7, 11) is 0. The monoisotopic (exact) mass is 246 g/mol. The minimum Gasteiger partial charge on any atom is -0.383 e. The molecule has 0 radical (unpaired) electrons. The maximum atomic E-state index is 5.80. The van der Waals surface area contributed by atoms with Crippen LogP contribution in [0.25, 0.3) is 0 Å². The number of halogens is 1. The van der Waals surface area contributed by atoms with Crippen LogP contribution >= 0.6 is 17.8 Å². The van der Waals surface area contributed by atoms with E-state index in [2.05, 4.69) is 4.76 Å². The third-order valence-corrected chi connectivity index (χ3v) is 2.68. The van der Waals surface area contributed by atoms with Crippen molar-refractivity contribution in [2.24, 2.45) is 10.5 Å². The van der Waals surface area contributed by atoms with E-state index in [0.29, 0.717) is 10.9 Å². The van der Waals surface area contributed by atoms with E-state index in [1.165, 1.54) is 0 Å². The van der Waals surface area contributed by atoms with Crippen molar-refractivity contribution in [3.05, 3.63) is 34.9 Å². The molecule has 0 spiro atoms. The molecule has 1 rings (SSSR count). The van der Waals surface area contributed by atoms with E-state index in [1.54, 1.807) is 12.1 Å². The summed E-state index contributed by atoms with van der Waals surface area (Å²) < 4.78 is 4.29. The van der Waals surface area contributed by atoms with Crippen LogP contribution in [0.5, 0.6) is 0 Å². The summed E-state index contributed by atoms with van der Waals surface area (Å²) in [6.07, 6.45) is -1.64. The lowest BCUT2D eigenvalue weighted by Gasteiger charge is -2.06. The molecule has 1 aromatic carbocycles. The smallest absolute Gasteiger partial charge is 0.130 e. The van der Waals surface area contributed by atoms with Crippen LogP contribution < -0.4 is 5.73 Å². The molecule has 0 aliphatic rings. The molecule has 76 valence electrons. The van der Waals surface area contributed by atoms with Crippen LogP contribution in [0, 0.1) is 0 Å². The van der Waals surface area contributed by atoms with E-state index in [1.807, 2.05) is 25.5 Å². The van der Waals surface area contributed by atoms with Gasteiger partial charge in [0.15, 0.2) is 0 Å². The van der Waals surface area contributed by atoms with Gasteiger partial charge in [0.2, 0.25) is 0 Å². The van der Waals surface area contributed by atoms with Crippen LogP contribution in [0.15, 0.2) is 29.0 Å². The molecule has 0 bridgehead atoms. The third-order valence-electron chi connectivity index (χ3n) is 1.49. The molecule has 0 atom stereocenters. The zero-order valence-electron chi connectivity index (χ0n) is 8.07. The van der Waals surface area contributed by atoms with E-state index in [9.17, 15) is 0 Å². The lowest BCUT2D eigenvalue weighted by Crippen LogP contribution is -2.12. The Kier molecular flexibility index (Phi) is 3.71. The van der Waals surface area contributed by atoms with Crippen molar-refractivity contribution in [1.82, 2.24) is 0 Å². The lowest BCUT2D eigenvalue weighted by molar-refractivity contribution is 1.55. The number of nitrogens with zero attached hydrogens (tertiary/aromatic N) is 1. The fourth-order valence-corrected chi connectivity index (χ4v) is 1.96. The summed E-state index contributed by atoms with van der Waals surface area (Å²) in [6.45, 7) is 3.87. The quantitative estimate of drug-likeness (QED) is 0.495. The topological polar surface area (TPSA) is 38.4 Å². The van der Waals surface area contributed by atoms with Crippen molar-refractivity contribution < 1.29 is 0 Å². The van der Waals surface area contributed by atoms with Gasteiger partial charge in [-0.05, 0) is 37.6 Å². The minimum atomic E-state index is -1.64. The molecule has 0 aromatic heterocycles. The molecule has 0 aliphatic heterocycles. The maximum absolute atomic E-state index is 5.80. The van der Waals surface area contributed by atoms with Gasteiger partial charge in [0.25, 0.3) is 0 Å². The predicted molar refractivity (Wildman–Crippen MR) is 68.3 cm³/mol. The average Bonchev–Trinajstić information content (AvgIpc) is 2.02. The van der Waals surface area contributed by atoms with Crippen molar-refractivity contribution in [3.63, 3.8) is 0 Å². The largest absolute Gasteiger partial charge is 0.383 e. The van der Waals surface area contributed by atoms with Gasteiger partial charge in [-0.1, -0.05) is 23.4 Å². The molecule has 14 heavy (non-hydrogen) atoms. The van der Waals surface area contributed by atoms with E-state index in [-0.39, 0.29) is 0 Å². The van der Waals surface area contributed by atoms with E-state index < -0.39 is 6.19 Å². The molecular weight excluding hydrogens is 235 g/mol. The summed E-state index contributed by atoms with van der Waals surface area (Å²) in [5, 5.41) is 0.689. The molecule has 5 heteroatoms. The van der Waals surface area contributed by atoms with Gasteiger partial charge < -0.3 is 5.73 Å². The van der Waals surface area contributed by atoms with Gasteiger partial charge in [0.05, 0.1) is 6.19 Å². The van der Waals surface area contributed by atoms with Crippen LogP contribution in [-0.2, 0) is 11.8 Å². The number of hydrogen-bond donors (Lipinski definition) is 1. The Morgan fingerprint density at radius 1 is 1.36 bits per heavy atom. The molecule has 0 saturated carbocycles. The Balaban J connectivity index is 3.01. The standard InChI is InChI=1S/C9H12ClN2PS/c1-13(2,14)12-9(11)7-3-5-8(10)6-4-7/h3-6H,1-2H3,(H2,11,12,14). The van der Waals surface area contributed by atoms with Crippen LogP contribution in [0.3, 0.4) is 0 Å². The van der Waals surface area contributed by atoms with E-state index in [4.69, 9.17) is 29.1 Å². The molecular formula is C9H12ClN2PS. The first-order chi connectivity index (χ1) is 6.38. The molecule has 2 nitrogen and oxygen atoms in total. The van der Waals surface area contributed by atoms with Gasteiger partial charge in [0.1, 0.15) is 5.84 Å². The Bertz CT molecular complexity index is 394. The maximum Gasteiger partial charge on any atom is 0.130 e. The Labute approximate surface area is 94.2 Å². The molecule has 0 heterocycles. The van der Waals surface area contributed by atoms with E-state index in [0.717, 1.165) is 5.56 Å². The van der Waals surface area contributed by atoms with Gasteiger partial charge in [-0.25, -0.2) is 4.76 Å². The number of benzene rings is 1. The first-order valence-electron chi connectivity index (χ1n) is 4.05. The van der Waals surface area contributed by atoms with Crippen LogP contribution in [0.1, 0.15) is 5.56 Å². The second-order valence-corrected chi connectivity index (χ2v) is 9.19. The molecule has 0 fully saturated rings. The van der Waals surface area contributed by atoms with Gasteiger partial charge in [-0.3, -0.25) is 0 Å². The normalized spacial score (nSPS) is 12.9. The zero-order valence-corrected chi connectivity index (χ0v) is 10.5. The van der Waals surface area contributed by atoms with Crippen LogP contribution in [0.4, 0.5) is 0 Å². The van der Waals surface area contributed by atoms with Crippen molar-refractivity contribution >= 4 is 35.4 Å². The summed E-state index contributed by atoms with van der Waals surface area (Å²) in [5.41, 5.74) is 6.67. The highest BCUT2D eigenvalue weighted by Gasteiger charge is 2.02. The fraction of sp³-hybridized carbons (Fsp3) is 0.222. The van der Waals surface area contributed by atoms with E-state index >= 15 is 0 Å². The van der Waals surface area contributed by atoms with Crippen molar-refractivity contribution in [2.75, 3.05) is 13.3 Å². The summed E-state index contributed by atoms with van der Waals surface area (Å²) >= 11 is 11.0. The highest BCUT2D eigenvalue weighted by Crippen LogP contribution is 2.38. The molecule has 2 N–H and O–H groups in total. The summed E-state index contributed by atoms with van der Waals surface area (Å²) in [6, 6.07) is 7.25.